The van der Waals surface area contributed by atoms with Crippen LogP contribution in [-0.2, 0) is 0 Å². The Kier molecular flexibility index (Phi) is 4.62. The van der Waals surface area contributed by atoms with Crippen LogP contribution in [0.25, 0.3) is 0 Å². The summed E-state index contributed by atoms with van der Waals surface area (Å²) in [6.07, 6.45) is 3.88. The first-order valence-corrected chi connectivity index (χ1v) is 4.92. The lowest BCUT2D eigenvalue weighted by Gasteiger charge is -2.10. The summed E-state index contributed by atoms with van der Waals surface area (Å²) in [6.45, 7) is 3.02. The molecule has 1 atom stereocenters. The Morgan fingerprint density at radius 2 is 2.14 bits per heavy atom. The molecule has 0 radical (unpaired) electrons. The zero-order valence-corrected chi connectivity index (χ0v) is 8.83. The van der Waals surface area contributed by atoms with E-state index in [1.165, 1.54) is 0 Å². The lowest BCUT2D eigenvalue weighted by molar-refractivity contribution is 0.265. The van der Waals surface area contributed by atoms with E-state index >= 15 is 0 Å². The number of aromatic nitrogens is 2. The summed E-state index contributed by atoms with van der Waals surface area (Å²) >= 11 is 5.64. The maximum Gasteiger partial charge on any atom is 0.222 e. The highest BCUT2D eigenvalue weighted by Crippen LogP contribution is 2.07. The number of halogens is 1. The maximum absolute atomic E-state index is 8.69. The number of nitrogens with zero attached hydrogens (tertiary/aromatic N) is 2. The van der Waals surface area contributed by atoms with Gasteiger partial charge in [-0.2, -0.15) is 0 Å². The summed E-state index contributed by atoms with van der Waals surface area (Å²) in [5, 5.41) is 12.3. The van der Waals surface area contributed by atoms with Gasteiger partial charge in [-0.1, -0.05) is 18.5 Å². The summed E-state index contributed by atoms with van der Waals surface area (Å²) in [5.41, 5.74) is 0. The number of nitrogens with one attached hydrogen (secondary N) is 1. The van der Waals surface area contributed by atoms with Crippen LogP contribution in [0.1, 0.15) is 13.3 Å². The average Bonchev–Trinajstić information content (AvgIpc) is 2.17. The van der Waals surface area contributed by atoms with E-state index < -0.39 is 0 Å². The normalized spacial score (nSPS) is 12.5. The fourth-order valence-electron chi connectivity index (χ4n) is 0.992. The largest absolute Gasteiger partial charge is 0.396 e. The highest BCUT2D eigenvalue weighted by Gasteiger charge is 2.01. The molecule has 0 aliphatic rings. The first-order valence-electron chi connectivity index (χ1n) is 4.54. The predicted molar refractivity (Wildman–Crippen MR) is 56.4 cm³/mol. The van der Waals surface area contributed by atoms with Crippen molar-refractivity contribution in [1.29, 1.82) is 0 Å². The molecule has 0 aliphatic heterocycles. The van der Waals surface area contributed by atoms with Crippen molar-refractivity contribution in [2.75, 3.05) is 18.5 Å². The third kappa shape index (κ3) is 3.89. The quantitative estimate of drug-likeness (QED) is 0.783. The SMILES string of the molecule is CC(CCO)CNc1ncc(Cl)cn1. The van der Waals surface area contributed by atoms with Crippen molar-refractivity contribution < 1.29 is 5.11 Å². The van der Waals surface area contributed by atoms with Gasteiger partial charge in [0.05, 0.1) is 17.4 Å². The Bertz CT molecular complexity index is 265. The fraction of sp³-hybridized carbons (Fsp3) is 0.556. The van der Waals surface area contributed by atoms with Crippen LogP contribution in [0.15, 0.2) is 12.4 Å². The molecule has 78 valence electrons. The molecule has 1 unspecified atom stereocenters. The second-order valence-electron chi connectivity index (χ2n) is 3.22. The van der Waals surface area contributed by atoms with Gasteiger partial charge in [-0.05, 0) is 12.3 Å². The highest BCUT2D eigenvalue weighted by atomic mass is 35.5. The van der Waals surface area contributed by atoms with E-state index in [1.807, 2.05) is 0 Å². The van der Waals surface area contributed by atoms with Crippen LogP contribution in [0, 0.1) is 5.92 Å². The van der Waals surface area contributed by atoms with E-state index in [4.69, 9.17) is 16.7 Å². The van der Waals surface area contributed by atoms with Gasteiger partial charge in [-0.25, -0.2) is 9.97 Å². The molecule has 2 N–H and O–H groups in total. The van der Waals surface area contributed by atoms with Gasteiger partial charge < -0.3 is 10.4 Å². The highest BCUT2D eigenvalue weighted by molar-refractivity contribution is 6.30. The number of hydrogen-bond acceptors (Lipinski definition) is 4. The number of anilines is 1. The van der Waals surface area contributed by atoms with Gasteiger partial charge in [0.15, 0.2) is 0 Å². The molecule has 0 amide bonds. The maximum atomic E-state index is 8.69. The summed E-state index contributed by atoms with van der Waals surface area (Å²) in [7, 11) is 0. The minimum Gasteiger partial charge on any atom is -0.396 e. The summed E-state index contributed by atoms with van der Waals surface area (Å²) in [5.74, 6) is 0.971. The van der Waals surface area contributed by atoms with E-state index in [-0.39, 0.29) is 6.61 Å². The lowest BCUT2D eigenvalue weighted by atomic mass is 10.1. The van der Waals surface area contributed by atoms with E-state index in [1.54, 1.807) is 12.4 Å². The molecule has 14 heavy (non-hydrogen) atoms. The molecular formula is C9H14ClN3O. The number of aliphatic hydroxyl groups excluding tert-OH is 1. The molecule has 0 aliphatic carbocycles. The Morgan fingerprint density at radius 3 is 2.71 bits per heavy atom. The van der Waals surface area contributed by atoms with Gasteiger partial charge in [0.1, 0.15) is 0 Å². The number of aliphatic hydroxyl groups is 1. The topological polar surface area (TPSA) is 58.0 Å². The van der Waals surface area contributed by atoms with Crippen molar-refractivity contribution in [3.05, 3.63) is 17.4 Å². The van der Waals surface area contributed by atoms with Crippen LogP contribution in [0.2, 0.25) is 5.02 Å². The zero-order valence-electron chi connectivity index (χ0n) is 8.07. The Morgan fingerprint density at radius 1 is 1.50 bits per heavy atom. The summed E-state index contributed by atoms with van der Waals surface area (Å²) in [4.78, 5) is 7.99. The predicted octanol–water partition coefficient (Wildman–Crippen LogP) is 1.56. The van der Waals surface area contributed by atoms with Crippen LogP contribution in [0.3, 0.4) is 0 Å². The zero-order chi connectivity index (χ0) is 10.4. The van der Waals surface area contributed by atoms with Gasteiger partial charge in [0.2, 0.25) is 5.95 Å². The smallest absolute Gasteiger partial charge is 0.222 e. The summed E-state index contributed by atoms with van der Waals surface area (Å²) < 4.78 is 0. The van der Waals surface area contributed by atoms with Gasteiger partial charge in [-0.3, -0.25) is 0 Å². The minimum absolute atomic E-state index is 0.213. The fourth-order valence-corrected chi connectivity index (χ4v) is 1.09. The van der Waals surface area contributed by atoms with Crippen LogP contribution >= 0.6 is 11.6 Å². The van der Waals surface area contributed by atoms with Crippen molar-refractivity contribution in [3.63, 3.8) is 0 Å². The van der Waals surface area contributed by atoms with Gasteiger partial charge in [0.25, 0.3) is 0 Å². The molecule has 1 rings (SSSR count). The molecule has 5 heteroatoms. The third-order valence-corrected chi connectivity index (χ3v) is 2.05. The molecule has 1 aromatic heterocycles. The third-order valence-electron chi connectivity index (χ3n) is 1.85. The van der Waals surface area contributed by atoms with E-state index in [2.05, 4.69) is 22.2 Å². The van der Waals surface area contributed by atoms with Gasteiger partial charge in [0, 0.05) is 13.2 Å². The van der Waals surface area contributed by atoms with Crippen molar-refractivity contribution in [2.45, 2.75) is 13.3 Å². The summed E-state index contributed by atoms with van der Waals surface area (Å²) in [6, 6.07) is 0. The molecule has 4 nitrogen and oxygen atoms in total. The van der Waals surface area contributed by atoms with Crippen LogP contribution in [0.5, 0.6) is 0 Å². The Balaban J connectivity index is 2.34. The van der Waals surface area contributed by atoms with Crippen LogP contribution < -0.4 is 5.32 Å². The van der Waals surface area contributed by atoms with Gasteiger partial charge in [-0.15, -0.1) is 0 Å². The van der Waals surface area contributed by atoms with Gasteiger partial charge >= 0.3 is 0 Å². The van der Waals surface area contributed by atoms with Crippen molar-refractivity contribution in [1.82, 2.24) is 9.97 Å². The molecule has 0 aromatic carbocycles. The van der Waals surface area contributed by atoms with Crippen molar-refractivity contribution in [3.8, 4) is 0 Å². The molecular weight excluding hydrogens is 202 g/mol. The average molecular weight is 216 g/mol. The van der Waals surface area contributed by atoms with Crippen LogP contribution in [-0.4, -0.2) is 28.2 Å². The van der Waals surface area contributed by atoms with E-state index in [0.717, 1.165) is 13.0 Å². The molecule has 1 heterocycles. The van der Waals surface area contributed by atoms with E-state index in [0.29, 0.717) is 16.9 Å². The van der Waals surface area contributed by atoms with E-state index in [9.17, 15) is 0 Å². The minimum atomic E-state index is 0.213. The molecule has 0 bridgehead atoms. The molecule has 0 saturated heterocycles. The first kappa shape index (κ1) is 11.2. The number of hydrogen-bond donors (Lipinski definition) is 2. The second kappa shape index (κ2) is 5.78. The standard InChI is InChI=1S/C9H14ClN3O/c1-7(2-3-14)4-11-9-12-5-8(10)6-13-9/h5-7,14H,2-4H2,1H3,(H,11,12,13). The first-order chi connectivity index (χ1) is 6.72. The molecule has 0 fully saturated rings. The Hall–Kier alpha value is -0.870. The molecule has 0 saturated carbocycles. The lowest BCUT2D eigenvalue weighted by Crippen LogP contribution is -2.14. The van der Waals surface area contributed by atoms with Crippen LogP contribution in [0.4, 0.5) is 5.95 Å². The monoisotopic (exact) mass is 215 g/mol. The molecule has 0 spiro atoms. The van der Waals surface area contributed by atoms with Crippen molar-refractivity contribution in [2.24, 2.45) is 5.92 Å². The second-order valence-corrected chi connectivity index (χ2v) is 3.66. The molecule has 1 aromatic rings. The number of rotatable bonds is 5. The Labute approximate surface area is 88.3 Å². The van der Waals surface area contributed by atoms with Crippen molar-refractivity contribution >= 4 is 17.5 Å².